The molecule has 1 aromatic rings. The van der Waals surface area contributed by atoms with E-state index in [1.165, 1.54) is 5.56 Å². The number of methoxy groups -OCH3 is 1. The molecule has 3 heteroatoms. The van der Waals surface area contributed by atoms with Crippen LogP contribution in [-0.4, -0.2) is 23.4 Å². The highest BCUT2D eigenvalue weighted by molar-refractivity contribution is 8.01. The summed E-state index contributed by atoms with van der Waals surface area (Å²) in [7, 11) is 1.68. The number of thioether (sulfide) groups is 1. The van der Waals surface area contributed by atoms with Gasteiger partial charge in [-0.15, -0.1) is 11.8 Å². The maximum absolute atomic E-state index is 11.5. The second-order valence-electron chi connectivity index (χ2n) is 4.13. The van der Waals surface area contributed by atoms with Gasteiger partial charge in [0.2, 0.25) is 0 Å². The molecule has 2 atom stereocenters. The molecule has 0 aromatic heterocycles. The van der Waals surface area contributed by atoms with Crippen molar-refractivity contribution in [2.24, 2.45) is 0 Å². The molecule has 0 saturated carbocycles. The van der Waals surface area contributed by atoms with E-state index in [0.29, 0.717) is 17.5 Å². The third-order valence-corrected chi connectivity index (χ3v) is 4.27. The third-order valence-electron chi connectivity index (χ3n) is 2.88. The van der Waals surface area contributed by atoms with Gasteiger partial charge >= 0.3 is 0 Å². The van der Waals surface area contributed by atoms with E-state index >= 15 is 0 Å². The Kier molecular flexibility index (Phi) is 3.54. The van der Waals surface area contributed by atoms with Gasteiger partial charge in [-0.25, -0.2) is 0 Å². The Morgan fingerprint density at radius 1 is 1.50 bits per heavy atom. The number of Topliss-reactive ketones (excluding diaryl/α,β-unsaturated/α-hetero) is 1. The standard InChI is InChI=1S/C13H16O2S/c1-9-13(14)8-12(16-9)7-10-4-3-5-11(6-10)15-2/h3-6,9,12H,7-8H2,1-2H3. The number of hydrogen-bond donors (Lipinski definition) is 0. The lowest BCUT2D eigenvalue weighted by molar-refractivity contribution is -0.117. The molecule has 0 spiro atoms. The van der Waals surface area contributed by atoms with Crippen molar-refractivity contribution in [2.45, 2.75) is 30.3 Å². The van der Waals surface area contributed by atoms with E-state index in [9.17, 15) is 4.79 Å². The fourth-order valence-corrected chi connectivity index (χ4v) is 3.36. The Bertz CT molecular complexity index is 389. The maximum Gasteiger partial charge on any atom is 0.146 e. The van der Waals surface area contributed by atoms with Crippen LogP contribution >= 0.6 is 11.8 Å². The quantitative estimate of drug-likeness (QED) is 0.807. The van der Waals surface area contributed by atoms with E-state index < -0.39 is 0 Å². The molecule has 1 saturated heterocycles. The second-order valence-corrected chi connectivity index (χ2v) is 5.77. The monoisotopic (exact) mass is 236 g/mol. The number of benzene rings is 1. The average molecular weight is 236 g/mol. The molecule has 1 aliphatic heterocycles. The number of carbonyl (C=O) groups is 1. The van der Waals surface area contributed by atoms with Gasteiger partial charge in [0, 0.05) is 11.7 Å². The van der Waals surface area contributed by atoms with Crippen molar-refractivity contribution in [3.05, 3.63) is 29.8 Å². The Labute approximate surface area is 100 Å². The molecule has 0 bridgehead atoms. The highest BCUT2D eigenvalue weighted by Gasteiger charge is 2.29. The van der Waals surface area contributed by atoms with Gasteiger partial charge in [-0.2, -0.15) is 0 Å². The summed E-state index contributed by atoms with van der Waals surface area (Å²) in [6.45, 7) is 2.00. The van der Waals surface area contributed by atoms with Gasteiger partial charge < -0.3 is 4.74 Å². The molecule has 2 nitrogen and oxygen atoms in total. The first-order valence-electron chi connectivity index (χ1n) is 5.50. The lowest BCUT2D eigenvalue weighted by atomic mass is 10.1. The van der Waals surface area contributed by atoms with Gasteiger partial charge in [0.1, 0.15) is 11.5 Å². The minimum absolute atomic E-state index is 0.176. The highest BCUT2D eigenvalue weighted by atomic mass is 32.2. The average Bonchev–Trinajstić information content (AvgIpc) is 2.58. The number of hydrogen-bond acceptors (Lipinski definition) is 3. The van der Waals surface area contributed by atoms with E-state index in [-0.39, 0.29) is 5.25 Å². The van der Waals surface area contributed by atoms with Crippen LogP contribution in [0.4, 0.5) is 0 Å². The molecule has 1 heterocycles. The van der Waals surface area contributed by atoms with E-state index in [1.807, 2.05) is 25.1 Å². The van der Waals surface area contributed by atoms with E-state index in [4.69, 9.17) is 4.74 Å². The molecule has 86 valence electrons. The molecule has 2 unspecified atom stereocenters. The first-order chi connectivity index (χ1) is 7.69. The first kappa shape index (κ1) is 11.5. The van der Waals surface area contributed by atoms with Crippen LogP contribution in [0.1, 0.15) is 18.9 Å². The molecule has 1 aliphatic rings. The van der Waals surface area contributed by atoms with Crippen LogP contribution in [0.25, 0.3) is 0 Å². The van der Waals surface area contributed by atoms with Crippen LogP contribution in [0.15, 0.2) is 24.3 Å². The van der Waals surface area contributed by atoms with E-state index in [1.54, 1.807) is 18.9 Å². The summed E-state index contributed by atoms with van der Waals surface area (Å²) < 4.78 is 5.19. The number of ether oxygens (including phenoxy) is 1. The second kappa shape index (κ2) is 4.91. The molecular weight excluding hydrogens is 220 g/mol. The van der Waals surface area contributed by atoms with Crippen LogP contribution in [-0.2, 0) is 11.2 Å². The lowest BCUT2D eigenvalue weighted by Crippen LogP contribution is -2.05. The Morgan fingerprint density at radius 3 is 2.94 bits per heavy atom. The maximum atomic E-state index is 11.5. The summed E-state index contributed by atoms with van der Waals surface area (Å²) in [4.78, 5) is 11.5. The van der Waals surface area contributed by atoms with Gasteiger partial charge in [0.05, 0.1) is 12.4 Å². The Morgan fingerprint density at radius 2 is 2.31 bits per heavy atom. The summed E-state index contributed by atoms with van der Waals surface area (Å²) >= 11 is 1.79. The van der Waals surface area contributed by atoms with Gasteiger partial charge in [0.15, 0.2) is 0 Å². The Hall–Kier alpha value is -0.960. The van der Waals surface area contributed by atoms with Crippen molar-refractivity contribution < 1.29 is 9.53 Å². The molecule has 2 rings (SSSR count). The summed E-state index contributed by atoms with van der Waals surface area (Å²) in [6.07, 6.45) is 1.67. The van der Waals surface area contributed by atoms with Crippen molar-refractivity contribution in [2.75, 3.05) is 7.11 Å². The number of carbonyl (C=O) groups excluding carboxylic acids is 1. The summed E-state index contributed by atoms with van der Waals surface area (Å²) in [5, 5.41) is 0.616. The summed E-state index contributed by atoms with van der Waals surface area (Å²) in [5.41, 5.74) is 1.25. The SMILES string of the molecule is COc1cccc(CC2CC(=O)C(C)S2)c1. The van der Waals surface area contributed by atoms with Crippen molar-refractivity contribution in [3.8, 4) is 5.75 Å². The predicted octanol–water partition coefficient (Wildman–Crippen LogP) is 2.70. The zero-order valence-electron chi connectivity index (χ0n) is 9.60. The highest BCUT2D eigenvalue weighted by Crippen LogP contribution is 2.33. The largest absolute Gasteiger partial charge is 0.497 e. The molecule has 0 N–H and O–H groups in total. The zero-order valence-corrected chi connectivity index (χ0v) is 10.4. The van der Waals surface area contributed by atoms with Crippen LogP contribution in [0, 0.1) is 0 Å². The van der Waals surface area contributed by atoms with Gasteiger partial charge in [-0.1, -0.05) is 12.1 Å². The Balaban J connectivity index is 2.01. The number of rotatable bonds is 3. The smallest absolute Gasteiger partial charge is 0.146 e. The molecule has 0 aliphatic carbocycles. The van der Waals surface area contributed by atoms with Crippen molar-refractivity contribution in [1.82, 2.24) is 0 Å². The fraction of sp³-hybridized carbons (Fsp3) is 0.462. The van der Waals surface area contributed by atoms with Crippen LogP contribution in [0.3, 0.4) is 0 Å². The van der Waals surface area contributed by atoms with Crippen molar-refractivity contribution in [1.29, 1.82) is 0 Å². The minimum Gasteiger partial charge on any atom is -0.497 e. The minimum atomic E-state index is 0.176. The van der Waals surface area contributed by atoms with Crippen molar-refractivity contribution in [3.63, 3.8) is 0 Å². The van der Waals surface area contributed by atoms with Crippen LogP contribution in [0.2, 0.25) is 0 Å². The first-order valence-corrected chi connectivity index (χ1v) is 6.44. The fourth-order valence-electron chi connectivity index (χ4n) is 1.99. The summed E-state index contributed by atoms with van der Waals surface area (Å²) in [6, 6.07) is 8.09. The molecule has 0 radical (unpaired) electrons. The summed E-state index contributed by atoms with van der Waals surface area (Å²) in [5.74, 6) is 1.28. The molecular formula is C13H16O2S. The number of ketones is 1. The van der Waals surface area contributed by atoms with Gasteiger partial charge in [-0.05, 0) is 31.0 Å². The van der Waals surface area contributed by atoms with Gasteiger partial charge in [0.25, 0.3) is 0 Å². The third kappa shape index (κ3) is 2.59. The molecule has 1 aromatic carbocycles. The lowest BCUT2D eigenvalue weighted by Gasteiger charge is -2.09. The van der Waals surface area contributed by atoms with E-state index in [0.717, 1.165) is 12.2 Å². The van der Waals surface area contributed by atoms with Crippen molar-refractivity contribution >= 4 is 17.5 Å². The predicted molar refractivity (Wildman–Crippen MR) is 67.2 cm³/mol. The van der Waals surface area contributed by atoms with Crippen LogP contribution in [0.5, 0.6) is 5.75 Å². The topological polar surface area (TPSA) is 26.3 Å². The van der Waals surface area contributed by atoms with Gasteiger partial charge in [-0.3, -0.25) is 4.79 Å². The molecule has 16 heavy (non-hydrogen) atoms. The molecule has 0 amide bonds. The molecule has 1 fully saturated rings. The van der Waals surface area contributed by atoms with E-state index in [2.05, 4.69) is 6.07 Å². The van der Waals surface area contributed by atoms with Crippen LogP contribution < -0.4 is 4.74 Å². The normalized spacial score (nSPS) is 24.8. The zero-order chi connectivity index (χ0) is 11.5.